The van der Waals surface area contributed by atoms with Crippen molar-refractivity contribution >= 4 is 33.3 Å². The van der Waals surface area contributed by atoms with Crippen molar-refractivity contribution in [2.75, 3.05) is 12.4 Å². The molecule has 0 saturated heterocycles. The highest BCUT2D eigenvalue weighted by Gasteiger charge is 2.12. The maximum Gasteiger partial charge on any atom is 0.161 e. The van der Waals surface area contributed by atoms with Gasteiger partial charge in [0.15, 0.2) is 11.6 Å². The van der Waals surface area contributed by atoms with E-state index in [9.17, 15) is 0 Å². The van der Waals surface area contributed by atoms with E-state index in [-0.39, 0.29) is 0 Å². The second-order valence-electron chi connectivity index (χ2n) is 9.52. The third kappa shape index (κ3) is 4.94. The Morgan fingerprint density at radius 3 is 2.28 bits per heavy atom. The van der Waals surface area contributed by atoms with E-state index in [4.69, 9.17) is 9.47 Å². The molecule has 0 saturated carbocycles. The number of fused-ring (bicyclic) bond motifs is 2. The molecule has 0 amide bonds. The molecular formula is C32H27N5O2. The van der Waals surface area contributed by atoms with E-state index in [2.05, 4.69) is 75.7 Å². The van der Waals surface area contributed by atoms with Gasteiger partial charge in [-0.1, -0.05) is 62.4 Å². The molecule has 0 unspecified atom stereocenters. The predicted octanol–water partition coefficient (Wildman–Crippen LogP) is 7.91. The Hall–Kier alpha value is -5.04. The number of benzene rings is 3. The van der Waals surface area contributed by atoms with E-state index in [1.54, 1.807) is 25.6 Å². The van der Waals surface area contributed by atoms with Crippen LogP contribution < -0.4 is 14.8 Å². The van der Waals surface area contributed by atoms with Crippen LogP contribution in [0.5, 0.6) is 17.2 Å². The Morgan fingerprint density at radius 2 is 1.54 bits per heavy atom. The van der Waals surface area contributed by atoms with Crippen LogP contribution in [0.1, 0.15) is 25.3 Å². The molecule has 0 atom stereocenters. The largest absolute Gasteiger partial charge is 0.495 e. The number of methoxy groups -OCH3 is 1. The first-order valence-corrected chi connectivity index (χ1v) is 12.8. The summed E-state index contributed by atoms with van der Waals surface area (Å²) in [6, 6.07) is 28.1. The molecule has 6 rings (SSSR count). The van der Waals surface area contributed by atoms with Crippen molar-refractivity contribution in [3.63, 3.8) is 0 Å². The van der Waals surface area contributed by atoms with Gasteiger partial charge >= 0.3 is 0 Å². The van der Waals surface area contributed by atoms with Gasteiger partial charge in [-0.2, -0.15) is 0 Å². The molecule has 0 bridgehead atoms. The number of rotatable bonds is 7. The van der Waals surface area contributed by atoms with Crippen LogP contribution in [0.15, 0.2) is 97.3 Å². The van der Waals surface area contributed by atoms with E-state index in [1.165, 1.54) is 5.56 Å². The summed E-state index contributed by atoms with van der Waals surface area (Å²) in [4.78, 5) is 8.82. The summed E-state index contributed by atoms with van der Waals surface area (Å²) in [5.74, 6) is 3.13. The number of ether oxygens (including phenoxy) is 2. The van der Waals surface area contributed by atoms with Crippen LogP contribution in [-0.2, 0) is 0 Å². The van der Waals surface area contributed by atoms with Crippen LogP contribution >= 0.6 is 0 Å². The number of anilines is 2. The van der Waals surface area contributed by atoms with Crippen LogP contribution in [-0.4, -0.2) is 27.3 Å². The Labute approximate surface area is 226 Å². The number of nitrogens with zero attached hydrogens (tertiary/aromatic N) is 4. The molecule has 39 heavy (non-hydrogen) atoms. The zero-order valence-electron chi connectivity index (χ0n) is 21.9. The number of hydrogen-bond donors (Lipinski definition) is 1. The highest BCUT2D eigenvalue weighted by Crippen LogP contribution is 2.33. The maximum atomic E-state index is 6.13. The first-order chi connectivity index (χ1) is 19.1. The molecule has 7 nitrogen and oxygen atoms in total. The summed E-state index contributed by atoms with van der Waals surface area (Å²) >= 11 is 0. The molecule has 6 aromatic rings. The Bertz CT molecular complexity index is 1770. The summed E-state index contributed by atoms with van der Waals surface area (Å²) in [5, 5.41) is 14.6. The molecule has 0 radical (unpaired) electrons. The van der Waals surface area contributed by atoms with Gasteiger partial charge in [-0.3, -0.25) is 4.98 Å². The second-order valence-corrected chi connectivity index (χ2v) is 9.52. The lowest BCUT2D eigenvalue weighted by molar-refractivity contribution is 0.413. The molecule has 3 heterocycles. The molecule has 0 aliphatic rings. The summed E-state index contributed by atoms with van der Waals surface area (Å²) in [7, 11) is 1.60. The minimum absolute atomic E-state index is 0.482. The van der Waals surface area contributed by atoms with Gasteiger partial charge in [-0.15, -0.1) is 10.2 Å². The molecule has 192 valence electrons. The third-order valence-electron chi connectivity index (χ3n) is 6.63. The summed E-state index contributed by atoms with van der Waals surface area (Å²) in [6.07, 6.45) is 3.35. The number of aromatic nitrogens is 4. The predicted molar refractivity (Wildman–Crippen MR) is 155 cm³/mol. The van der Waals surface area contributed by atoms with E-state index in [1.807, 2.05) is 42.5 Å². The van der Waals surface area contributed by atoms with Gasteiger partial charge in [0.25, 0.3) is 0 Å². The van der Waals surface area contributed by atoms with Gasteiger partial charge in [0, 0.05) is 40.4 Å². The van der Waals surface area contributed by atoms with Crippen molar-refractivity contribution in [1.82, 2.24) is 20.2 Å². The average Bonchev–Trinajstić information content (AvgIpc) is 2.98. The van der Waals surface area contributed by atoms with Crippen LogP contribution in [0.4, 0.5) is 11.5 Å². The minimum Gasteiger partial charge on any atom is -0.495 e. The SMILES string of the molecule is COc1cnc2c(Oc3ccc(Nc4nnc(-c5ccc(C(C)C)cc5)c5ccccc45)cc3)ccnc2c1. The molecule has 0 fully saturated rings. The number of nitrogens with one attached hydrogen (secondary N) is 1. The quantitative estimate of drug-likeness (QED) is 0.232. The summed E-state index contributed by atoms with van der Waals surface area (Å²) in [6.45, 7) is 4.39. The Morgan fingerprint density at radius 1 is 0.769 bits per heavy atom. The van der Waals surface area contributed by atoms with E-state index in [0.29, 0.717) is 40.0 Å². The van der Waals surface area contributed by atoms with Crippen LogP contribution in [0, 0.1) is 0 Å². The van der Waals surface area contributed by atoms with Gasteiger partial charge in [-0.05, 0) is 35.7 Å². The van der Waals surface area contributed by atoms with Crippen molar-refractivity contribution in [2.45, 2.75) is 19.8 Å². The van der Waals surface area contributed by atoms with Crippen molar-refractivity contribution in [1.29, 1.82) is 0 Å². The molecule has 0 aliphatic carbocycles. The van der Waals surface area contributed by atoms with Crippen molar-refractivity contribution in [3.05, 3.63) is 103 Å². The topological polar surface area (TPSA) is 82.0 Å². The summed E-state index contributed by atoms with van der Waals surface area (Å²) in [5.41, 5.74) is 5.46. The standard InChI is InChI=1S/C32H27N5O2/c1-20(2)21-8-10-22(11-9-21)30-26-6-4-5-7-27(26)32(37-36-30)35-23-12-14-24(15-13-23)39-29-16-17-33-28-18-25(38-3)19-34-31(28)29/h4-20H,1-3H3,(H,35,37). The molecule has 7 heteroatoms. The van der Waals surface area contributed by atoms with E-state index < -0.39 is 0 Å². The first kappa shape index (κ1) is 24.3. The maximum absolute atomic E-state index is 6.13. The first-order valence-electron chi connectivity index (χ1n) is 12.8. The smallest absolute Gasteiger partial charge is 0.161 e. The lowest BCUT2D eigenvalue weighted by Gasteiger charge is -2.13. The van der Waals surface area contributed by atoms with Gasteiger partial charge in [-0.25, -0.2) is 4.98 Å². The van der Waals surface area contributed by atoms with Gasteiger partial charge in [0.1, 0.15) is 22.7 Å². The molecule has 0 aliphatic heterocycles. The van der Waals surface area contributed by atoms with E-state index >= 15 is 0 Å². The van der Waals surface area contributed by atoms with Crippen LogP contribution in [0.25, 0.3) is 33.1 Å². The lowest BCUT2D eigenvalue weighted by Crippen LogP contribution is -1.99. The molecule has 0 spiro atoms. The lowest BCUT2D eigenvalue weighted by atomic mass is 9.99. The Kier molecular flexibility index (Phi) is 6.47. The highest BCUT2D eigenvalue weighted by molar-refractivity contribution is 6.00. The van der Waals surface area contributed by atoms with Crippen molar-refractivity contribution in [2.24, 2.45) is 0 Å². The molecule has 3 aromatic heterocycles. The average molecular weight is 514 g/mol. The fraction of sp³-hybridized carbons (Fsp3) is 0.125. The fourth-order valence-electron chi connectivity index (χ4n) is 4.49. The monoisotopic (exact) mass is 513 g/mol. The minimum atomic E-state index is 0.482. The Balaban J connectivity index is 1.25. The van der Waals surface area contributed by atoms with Crippen LogP contribution in [0.2, 0.25) is 0 Å². The molecule has 3 aromatic carbocycles. The zero-order chi connectivity index (χ0) is 26.8. The highest BCUT2D eigenvalue weighted by atomic mass is 16.5. The van der Waals surface area contributed by atoms with Gasteiger partial charge in [0.05, 0.1) is 18.8 Å². The van der Waals surface area contributed by atoms with Gasteiger partial charge < -0.3 is 14.8 Å². The van der Waals surface area contributed by atoms with Crippen molar-refractivity contribution < 1.29 is 9.47 Å². The number of pyridine rings is 2. The fourth-order valence-corrected chi connectivity index (χ4v) is 4.49. The zero-order valence-corrected chi connectivity index (χ0v) is 21.9. The molecular weight excluding hydrogens is 486 g/mol. The van der Waals surface area contributed by atoms with Crippen molar-refractivity contribution in [3.8, 4) is 28.5 Å². The second kappa shape index (κ2) is 10.4. The third-order valence-corrected chi connectivity index (χ3v) is 6.63. The van der Waals surface area contributed by atoms with E-state index in [0.717, 1.165) is 27.7 Å². The summed E-state index contributed by atoms with van der Waals surface area (Å²) < 4.78 is 11.4. The number of hydrogen-bond acceptors (Lipinski definition) is 7. The molecule has 1 N–H and O–H groups in total. The van der Waals surface area contributed by atoms with Crippen LogP contribution in [0.3, 0.4) is 0 Å². The van der Waals surface area contributed by atoms with Gasteiger partial charge in [0.2, 0.25) is 0 Å². The normalized spacial score (nSPS) is 11.2.